The fraction of sp³-hybridized carbons (Fsp3) is 0.238. The van der Waals surface area contributed by atoms with E-state index in [2.05, 4.69) is 20.5 Å². The molecule has 4 heterocycles. The van der Waals surface area contributed by atoms with Crippen LogP contribution in [0.1, 0.15) is 11.5 Å². The average Bonchev–Trinajstić information content (AvgIpc) is 3.57. The SMILES string of the molecule is Cc1ccc(N2C(=O)[C@H]3N=NN(Cc4nc(-c5ccc6c(c5)OCO6)no4)[C@@H]3C2=O)cc1. The number of nitrogens with zero attached hydrogens (tertiary/aromatic N) is 6. The van der Waals surface area contributed by atoms with E-state index in [9.17, 15) is 9.59 Å². The third kappa shape index (κ3) is 2.82. The zero-order chi connectivity index (χ0) is 21.8. The van der Waals surface area contributed by atoms with Crippen molar-refractivity contribution in [2.45, 2.75) is 25.6 Å². The van der Waals surface area contributed by atoms with Crippen LogP contribution in [0.5, 0.6) is 11.5 Å². The van der Waals surface area contributed by atoms with Crippen LogP contribution in [0.3, 0.4) is 0 Å². The highest BCUT2D eigenvalue weighted by Gasteiger charge is 2.55. The maximum absolute atomic E-state index is 13.1. The molecule has 2 amide bonds. The Balaban J connectivity index is 1.22. The highest BCUT2D eigenvalue weighted by Crippen LogP contribution is 2.36. The predicted molar refractivity (Wildman–Crippen MR) is 108 cm³/mol. The Hall–Kier alpha value is -4.28. The normalized spacial score (nSPS) is 21.0. The lowest BCUT2D eigenvalue weighted by molar-refractivity contribution is -0.123. The molecule has 1 fully saturated rings. The van der Waals surface area contributed by atoms with Gasteiger partial charge in [0.05, 0.1) is 5.69 Å². The smallest absolute Gasteiger partial charge is 0.263 e. The number of hydrogen-bond acceptors (Lipinski definition) is 10. The van der Waals surface area contributed by atoms with Crippen LogP contribution in [0, 0.1) is 6.92 Å². The number of aromatic nitrogens is 2. The molecule has 32 heavy (non-hydrogen) atoms. The minimum Gasteiger partial charge on any atom is -0.454 e. The molecule has 3 aliphatic heterocycles. The Kier molecular flexibility index (Phi) is 3.97. The van der Waals surface area contributed by atoms with Gasteiger partial charge in [0.15, 0.2) is 23.6 Å². The number of carbonyl (C=O) groups excluding carboxylic acids is 2. The molecular weight excluding hydrogens is 416 g/mol. The standard InChI is InChI=1S/C21H16N6O5/c1-11-2-5-13(6-3-11)27-20(28)17-18(21(27)29)26(25-23-17)9-16-22-19(24-32-16)12-4-7-14-15(8-12)31-10-30-14/h2-8,17-18H,9-10H2,1H3/t17-,18-/m0/s1. The number of ether oxygens (including phenoxy) is 2. The lowest BCUT2D eigenvalue weighted by Gasteiger charge is -2.19. The molecule has 1 aromatic heterocycles. The summed E-state index contributed by atoms with van der Waals surface area (Å²) >= 11 is 0. The summed E-state index contributed by atoms with van der Waals surface area (Å²) in [6.07, 6.45) is 0. The molecule has 2 atom stereocenters. The van der Waals surface area contributed by atoms with Crippen LogP contribution in [-0.2, 0) is 16.1 Å². The van der Waals surface area contributed by atoms with Crippen LogP contribution < -0.4 is 14.4 Å². The van der Waals surface area contributed by atoms with Gasteiger partial charge in [-0.3, -0.25) is 14.6 Å². The van der Waals surface area contributed by atoms with Gasteiger partial charge in [-0.15, -0.1) is 0 Å². The van der Waals surface area contributed by atoms with E-state index in [0.717, 1.165) is 10.5 Å². The Morgan fingerprint density at radius 3 is 2.69 bits per heavy atom. The van der Waals surface area contributed by atoms with E-state index >= 15 is 0 Å². The molecular formula is C21H16N6O5. The lowest BCUT2D eigenvalue weighted by atomic mass is 10.1. The third-order valence-corrected chi connectivity index (χ3v) is 5.55. The summed E-state index contributed by atoms with van der Waals surface area (Å²) in [6, 6.07) is 10.8. The van der Waals surface area contributed by atoms with Gasteiger partial charge in [-0.25, -0.2) is 4.90 Å². The van der Waals surface area contributed by atoms with Gasteiger partial charge in [-0.1, -0.05) is 28.1 Å². The maximum atomic E-state index is 13.1. The summed E-state index contributed by atoms with van der Waals surface area (Å²) in [5, 5.41) is 13.4. The van der Waals surface area contributed by atoms with E-state index in [4.69, 9.17) is 14.0 Å². The Morgan fingerprint density at radius 1 is 1.03 bits per heavy atom. The molecule has 0 unspecified atom stereocenters. The highest BCUT2D eigenvalue weighted by atomic mass is 16.7. The number of imide groups is 1. The van der Waals surface area contributed by atoms with Crippen molar-refractivity contribution in [2.24, 2.45) is 10.3 Å². The molecule has 1 saturated heterocycles. The first-order chi connectivity index (χ1) is 15.6. The van der Waals surface area contributed by atoms with Gasteiger partial charge >= 0.3 is 0 Å². The van der Waals surface area contributed by atoms with Gasteiger partial charge in [-0.2, -0.15) is 10.1 Å². The summed E-state index contributed by atoms with van der Waals surface area (Å²) in [5.41, 5.74) is 2.24. The molecule has 11 nitrogen and oxygen atoms in total. The molecule has 6 rings (SSSR count). The molecule has 0 saturated carbocycles. The minimum atomic E-state index is -0.889. The summed E-state index contributed by atoms with van der Waals surface area (Å²) in [7, 11) is 0. The van der Waals surface area contributed by atoms with Crippen molar-refractivity contribution in [3.8, 4) is 22.9 Å². The van der Waals surface area contributed by atoms with Crippen LogP contribution in [0.15, 0.2) is 57.3 Å². The second kappa shape index (κ2) is 6.87. The number of aryl methyl sites for hydroxylation is 1. The fourth-order valence-corrected chi connectivity index (χ4v) is 3.91. The van der Waals surface area contributed by atoms with Gasteiger partial charge in [0.2, 0.25) is 18.5 Å². The van der Waals surface area contributed by atoms with Crippen molar-refractivity contribution in [3.63, 3.8) is 0 Å². The fourth-order valence-electron chi connectivity index (χ4n) is 3.91. The van der Waals surface area contributed by atoms with Gasteiger partial charge in [-0.05, 0) is 37.3 Å². The summed E-state index contributed by atoms with van der Waals surface area (Å²) in [6.45, 7) is 2.15. The molecule has 11 heteroatoms. The van der Waals surface area contributed by atoms with Crippen molar-refractivity contribution in [1.29, 1.82) is 0 Å². The van der Waals surface area contributed by atoms with Gasteiger partial charge in [0.1, 0.15) is 6.54 Å². The molecule has 3 aliphatic rings. The van der Waals surface area contributed by atoms with E-state index < -0.39 is 18.0 Å². The molecule has 0 N–H and O–H groups in total. The summed E-state index contributed by atoms with van der Waals surface area (Å²) in [4.78, 5) is 31.4. The van der Waals surface area contributed by atoms with E-state index in [-0.39, 0.29) is 25.1 Å². The topological polar surface area (TPSA) is 123 Å². The Bertz CT molecular complexity index is 1270. The predicted octanol–water partition coefficient (Wildman–Crippen LogP) is 2.27. The minimum absolute atomic E-state index is 0.0446. The van der Waals surface area contributed by atoms with Crippen LogP contribution >= 0.6 is 0 Å². The molecule has 3 aromatic rings. The van der Waals surface area contributed by atoms with Crippen molar-refractivity contribution in [3.05, 3.63) is 53.9 Å². The molecule has 0 aliphatic carbocycles. The van der Waals surface area contributed by atoms with E-state index in [1.54, 1.807) is 30.3 Å². The first kappa shape index (κ1) is 18.5. The largest absolute Gasteiger partial charge is 0.454 e. The van der Waals surface area contributed by atoms with Crippen LogP contribution in [0.4, 0.5) is 5.69 Å². The number of benzene rings is 2. The van der Waals surface area contributed by atoms with Crippen LogP contribution in [0.2, 0.25) is 0 Å². The molecule has 0 spiro atoms. The number of rotatable bonds is 4. The zero-order valence-corrected chi connectivity index (χ0v) is 16.8. The Morgan fingerprint density at radius 2 is 1.84 bits per heavy atom. The number of carbonyl (C=O) groups is 2. The maximum Gasteiger partial charge on any atom is 0.263 e. The number of hydrogen-bond donors (Lipinski definition) is 0. The number of amides is 2. The molecule has 160 valence electrons. The summed E-state index contributed by atoms with van der Waals surface area (Å²) < 4.78 is 16.0. The summed E-state index contributed by atoms with van der Waals surface area (Å²) in [5.74, 6) is 1.08. The van der Waals surface area contributed by atoms with Crippen LogP contribution in [-0.4, -0.2) is 45.8 Å². The number of fused-ring (bicyclic) bond motifs is 2. The van der Waals surface area contributed by atoms with Gasteiger partial charge < -0.3 is 14.0 Å². The monoisotopic (exact) mass is 432 g/mol. The average molecular weight is 432 g/mol. The van der Waals surface area contributed by atoms with Crippen molar-refractivity contribution in [2.75, 3.05) is 11.7 Å². The lowest BCUT2D eigenvalue weighted by Crippen LogP contribution is -2.39. The zero-order valence-electron chi connectivity index (χ0n) is 16.8. The van der Waals surface area contributed by atoms with E-state index in [1.165, 1.54) is 5.01 Å². The quantitative estimate of drug-likeness (QED) is 0.576. The number of anilines is 1. The van der Waals surface area contributed by atoms with Crippen molar-refractivity contribution in [1.82, 2.24) is 15.1 Å². The van der Waals surface area contributed by atoms with E-state index in [1.807, 2.05) is 19.1 Å². The second-order valence-corrected chi connectivity index (χ2v) is 7.62. The molecule has 0 radical (unpaired) electrons. The van der Waals surface area contributed by atoms with Gasteiger partial charge in [0.25, 0.3) is 11.8 Å². The first-order valence-electron chi connectivity index (χ1n) is 9.93. The van der Waals surface area contributed by atoms with Gasteiger partial charge in [0, 0.05) is 5.56 Å². The first-order valence-corrected chi connectivity index (χ1v) is 9.93. The second-order valence-electron chi connectivity index (χ2n) is 7.62. The highest BCUT2D eigenvalue weighted by molar-refractivity contribution is 6.25. The molecule has 0 bridgehead atoms. The third-order valence-electron chi connectivity index (χ3n) is 5.55. The van der Waals surface area contributed by atoms with E-state index in [0.29, 0.717) is 28.6 Å². The van der Waals surface area contributed by atoms with Crippen LogP contribution in [0.25, 0.3) is 11.4 Å². The Labute approximate surface area is 181 Å². The van der Waals surface area contributed by atoms with Crippen molar-refractivity contribution >= 4 is 17.5 Å². The molecule has 2 aromatic carbocycles. The van der Waals surface area contributed by atoms with Crippen molar-refractivity contribution < 1.29 is 23.6 Å².